The van der Waals surface area contributed by atoms with Gasteiger partial charge in [-0.05, 0) is 64.8 Å². The quantitative estimate of drug-likeness (QED) is 0.0461. The number of anilines is 1. The van der Waals surface area contributed by atoms with E-state index in [2.05, 4.69) is 27.3 Å². The fraction of sp³-hybridized carbons (Fsp3) is 0.615. The van der Waals surface area contributed by atoms with Crippen molar-refractivity contribution >= 4 is 35.6 Å². The molecule has 1 aromatic rings. The molecule has 0 bridgehead atoms. The number of aldehydes is 1. The number of carbonyl (C=O) groups excluding carboxylic acids is 5. The van der Waals surface area contributed by atoms with Crippen LogP contribution in [0.1, 0.15) is 77.6 Å². The average Bonchev–Trinajstić information content (AvgIpc) is 3.50. The van der Waals surface area contributed by atoms with Gasteiger partial charge in [-0.3, -0.25) is 24.1 Å². The van der Waals surface area contributed by atoms with Crippen molar-refractivity contribution in [3.8, 4) is 0 Å². The first-order chi connectivity index (χ1) is 26.0. The molecule has 3 aliphatic rings. The molecule has 15 heteroatoms. The van der Waals surface area contributed by atoms with E-state index in [1.54, 1.807) is 52.5 Å². The van der Waals surface area contributed by atoms with Crippen LogP contribution in [-0.2, 0) is 52.4 Å². The number of hydrogen-bond acceptors (Lipinski definition) is 12. The highest BCUT2D eigenvalue weighted by Gasteiger charge is 2.44. The van der Waals surface area contributed by atoms with E-state index in [9.17, 15) is 24.0 Å². The van der Waals surface area contributed by atoms with Crippen LogP contribution >= 0.6 is 0 Å². The van der Waals surface area contributed by atoms with Gasteiger partial charge in [-0.15, -0.1) is 0 Å². The molecule has 2 unspecified atom stereocenters. The van der Waals surface area contributed by atoms with Gasteiger partial charge in [0.25, 0.3) is 11.8 Å². The van der Waals surface area contributed by atoms with Crippen LogP contribution in [-0.4, -0.2) is 115 Å². The van der Waals surface area contributed by atoms with Gasteiger partial charge in [0, 0.05) is 44.2 Å². The minimum atomic E-state index is -0.959. The molecule has 3 N–H and O–H groups in total. The lowest BCUT2D eigenvalue weighted by molar-refractivity contribution is -0.229. The molecule has 4 rings (SSSR count). The molecule has 4 amide bonds. The number of allylic oxidation sites excluding steroid dienone is 1. The topological polar surface area (TPSA) is 180 Å². The Morgan fingerprint density at radius 3 is 2.15 bits per heavy atom. The molecule has 15 nitrogen and oxygen atoms in total. The number of nitrogens with one attached hydrogen (secondary N) is 3. The van der Waals surface area contributed by atoms with Gasteiger partial charge in [0.1, 0.15) is 11.7 Å². The summed E-state index contributed by atoms with van der Waals surface area (Å²) in [4.78, 5) is 59.0. The smallest absolute Gasteiger partial charge is 0.253 e. The lowest BCUT2D eigenvalue weighted by Crippen LogP contribution is -2.48. The Morgan fingerprint density at radius 1 is 1.02 bits per heavy atom. The zero-order chi connectivity index (χ0) is 40.4. The lowest BCUT2D eigenvalue weighted by Gasteiger charge is -2.34. The maximum atomic E-state index is 12.2. The van der Waals surface area contributed by atoms with Gasteiger partial charge in [0.15, 0.2) is 12.6 Å². The van der Waals surface area contributed by atoms with E-state index in [0.29, 0.717) is 57.6 Å². The molecule has 0 radical (unpaired) electrons. The van der Waals surface area contributed by atoms with Gasteiger partial charge in [-0.25, -0.2) is 0 Å². The van der Waals surface area contributed by atoms with Crippen molar-refractivity contribution in [2.45, 2.75) is 84.4 Å². The number of methoxy groups -OCH3 is 3. The number of amides is 4. The molecular weight excluding hydrogens is 700 g/mol. The molecule has 1 saturated heterocycles. The molecular formula is C39H62N4O11. The van der Waals surface area contributed by atoms with Crippen LogP contribution in [0.3, 0.4) is 0 Å². The summed E-state index contributed by atoms with van der Waals surface area (Å²) in [6.45, 7) is 11.9. The SMILES string of the molecule is C=C(C)OC.CC.CNCCCCCN1C(=O)C=CC1=O.COC(OCCC1CO[C@@H](OC)CO1)c1ccc(NC(=O)CNC(=O)C2(C=O)CCC2)cc1. The molecule has 0 aromatic heterocycles. The largest absolute Gasteiger partial charge is 0.502 e. The Bertz CT molecular complexity index is 1290. The normalized spacial score (nSPS) is 18.6. The second-order valence-corrected chi connectivity index (χ2v) is 12.4. The average molecular weight is 763 g/mol. The minimum Gasteiger partial charge on any atom is -0.502 e. The summed E-state index contributed by atoms with van der Waals surface area (Å²) < 4.78 is 32.1. The molecule has 1 saturated carbocycles. The Morgan fingerprint density at radius 2 is 1.67 bits per heavy atom. The number of benzene rings is 1. The predicted octanol–water partition coefficient (Wildman–Crippen LogP) is 4.04. The monoisotopic (exact) mass is 762 g/mol. The molecule has 1 aromatic carbocycles. The van der Waals surface area contributed by atoms with Gasteiger partial charge in [0.2, 0.25) is 11.8 Å². The van der Waals surface area contributed by atoms with Gasteiger partial charge in [-0.2, -0.15) is 0 Å². The van der Waals surface area contributed by atoms with E-state index in [1.807, 2.05) is 20.9 Å². The third kappa shape index (κ3) is 17.4. The number of carbonyl (C=O) groups is 5. The summed E-state index contributed by atoms with van der Waals surface area (Å²) in [5.41, 5.74) is 0.406. The fourth-order valence-electron chi connectivity index (χ4n) is 5.06. The number of hydrogen-bond donors (Lipinski definition) is 3. The van der Waals surface area contributed by atoms with E-state index in [-0.39, 0.29) is 36.7 Å². The number of imide groups is 1. The van der Waals surface area contributed by atoms with Crippen molar-refractivity contribution < 1.29 is 52.4 Å². The van der Waals surface area contributed by atoms with Crippen LogP contribution in [0.4, 0.5) is 5.69 Å². The van der Waals surface area contributed by atoms with Crippen molar-refractivity contribution in [1.29, 1.82) is 0 Å². The van der Waals surface area contributed by atoms with Crippen LogP contribution in [0.5, 0.6) is 0 Å². The van der Waals surface area contributed by atoms with Crippen LogP contribution in [0.15, 0.2) is 48.8 Å². The molecule has 304 valence electrons. The Kier molecular flexibility index (Phi) is 24.5. The summed E-state index contributed by atoms with van der Waals surface area (Å²) >= 11 is 0. The maximum Gasteiger partial charge on any atom is 0.253 e. The number of ether oxygens (including phenoxy) is 6. The third-order valence-corrected chi connectivity index (χ3v) is 8.48. The summed E-state index contributed by atoms with van der Waals surface area (Å²) in [6, 6.07) is 7.04. The molecule has 0 spiro atoms. The Balaban J connectivity index is 0.000000572. The zero-order valence-electron chi connectivity index (χ0n) is 33.1. The van der Waals surface area contributed by atoms with Crippen molar-refractivity contribution in [1.82, 2.24) is 15.5 Å². The van der Waals surface area contributed by atoms with Crippen LogP contribution in [0, 0.1) is 5.41 Å². The van der Waals surface area contributed by atoms with E-state index in [1.165, 1.54) is 17.1 Å². The lowest BCUT2D eigenvalue weighted by atomic mass is 9.69. The van der Waals surface area contributed by atoms with Crippen LogP contribution in [0.25, 0.3) is 0 Å². The molecule has 1 aliphatic carbocycles. The van der Waals surface area contributed by atoms with E-state index >= 15 is 0 Å². The van der Waals surface area contributed by atoms with Crippen molar-refractivity contribution in [2.24, 2.45) is 5.41 Å². The number of unbranched alkanes of at least 4 members (excludes halogenated alkanes) is 2. The van der Waals surface area contributed by atoms with E-state index < -0.39 is 17.6 Å². The van der Waals surface area contributed by atoms with Crippen molar-refractivity contribution in [3.05, 3.63) is 54.3 Å². The van der Waals surface area contributed by atoms with E-state index in [0.717, 1.165) is 43.6 Å². The van der Waals surface area contributed by atoms with Crippen LogP contribution < -0.4 is 16.0 Å². The van der Waals surface area contributed by atoms with Crippen molar-refractivity contribution in [3.63, 3.8) is 0 Å². The minimum absolute atomic E-state index is 0.0577. The summed E-state index contributed by atoms with van der Waals surface area (Å²) in [7, 11) is 6.65. The third-order valence-electron chi connectivity index (χ3n) is 8.48. The Hall–Kier alpha value is -3.99. The predicted molar refractivity (Wildman–Crippen MR) is 204 cm³/mol. The first kappa shape index (κ1) is 48.0. The molecule has 2 aliphatic heterocycles. The van der Waals surface area contributed by atoms with E-state index in [4.69, 9.17) is 23.7 Å². The second-order valence-electron chi connectivity index (χ2n) is 12.4. The highest BCUT2D eigenvalue weighted by atomic mass is 16.7. The summed E-state index contributed by atoms with van der Waals surface area (Å²) in [6.07, 6.45) is 7.97. The van der Waals surface area contributed by atoms with Gasteiger partial charge >= 0.3 is 0 Å². The highest BCUT2D eigenvalue weighted by Crippen LogP contribution is 2.38. The highest BCUT2D eigenvalue weighted by molar-refractivity contribution is 6.12. The Labute approximate surface area is 320 Å². The molecule has 2 heterocycles. The second kappa shape index (κ2) is 27.6. The maximum absolute atomic E-state index is 12.2. The summed E-state index contributed by atoms with van der Waals surface area (Å²) in [5.74, 6) is -0.364. The summed E-state index contributed by atoms with van der Waals surface area (Å²) in [5, 5.41) is 8.31. The number of nitrogens with zero attached hydrogens (tertiary/aromatic N) is 1. The fourth-order valence-corrected chi connectivity index (χ4v) is 5.06. The van der Waals surface area contributed by atoms with Gasteiger partial charge in [-0.1, -0.05) is 45.4 Å². The standard InChI is InChI=1S/C23H32N2O8.C10H16N2O2.C4H8O.C2H6/c1-29-20-14-32-18(13-33-20)8-11-31-21(30-2)16-4-6-17(7-5-16)25-19(27)12-24-22(28)23(15-26)9-3-10-23;1-11-7-3-2-4-8-12-9(13)5-6-10(12)14;1-4(2)5-3;1-2/h4-7,15,18,20-21H,3,8-14H2,1-2H3,(H,24,28)(H,25,27);5-6,11H,2-4,7-8H2,1H3;1H2,2-3H3;1-2H3/t18?,20-,21?;;;/m1.../s1. The van der Waals surface area contributed by atoms with Crippen molar-refractivity contribution in [2.75, 3.05) is 73.1 Å². The molecule has 3 atom stereocenters. The van der Waals surface area contributed by atoms with Crippen LogP contribution in [0.2, 0.25) is 0 Å². The van der Waals surface area contributed by atoms with Gasteiger partial charge in [0.05, 0.1) is 45.3 Å². The van der Waals surface area contributed by atoms with Gasteiger partial charge < -0.3 is 49.2 Å². The first-order valence-electron chi connectivity index (χ1n) is 18.4. The zero-order valence-corrected chi connectivity index (χ0v) is 33.1. The first-order valence-corrected chi connectivity index (χ1v) is 18.4. The molecule has 2 fully saturated rings. The number of rotatable bonds is 19. The molecule has 54 heavy (non-hydrogen) atoms.